The molecule has 8 atom stereocenters. The Morgan fingerprint density at radius 3 is 1.12 bits per heavy atom. The number of hydrogen-bond donors (Lipinski definition) is 5. The molecule has 5 N–H and O–H groups in total. The van der Waals surface area contributed by atoms with E-state index in [0.29, 0.717) is 53.6 Å². The first-order valence-electron chi connectivity index (χ1n) is 28.2. The zero-order valence-electron chi connectivity index (χ0n) is 44.1. The molecule has 0 unspecified atom stereocenters. The van der Waals surface area contributed by atoms with Crippen molar-refractivity contribution in [3.63, 3.8) is 0 Å². The van der Waals surface area contributed by atoms with E-state index in [-0.39, 0.29) is 16.2 Å². The first-order chi connectivity index (χ1) is 35.6. The Morgan fingerprint density at radius 2 is 0.757 bits per heavy atom. The van der Waals surface area contributed by atoms with E-state index in [1.807, 2.05) is 50.2 Å². The van der Waals surface area contributed by atoms with Crippen LogP contribution in [0.25, 0.3) is 0 Å². The van der Waals surface area contributed by atoms with Crippen molar-refractivity contribution in [1.29, 1.82) is 0 Å². The van der Waals surface area contributed by atoms with E-state index in [1.165, 1.54) is 50.1 Å². The molecule has 0 heterocycles. The molecule has 0 amide bonds. The first kappa shape index (κ1) is 51.8. The summed E-state index contributed by atoms with van der Waals surface area (Å²) in [5, 5.41) is 51.4. The fourth-order valence-electron chi connectivity index (χ4n) is 15.7. The number of aryl methyl sites for hydroxylation is 3. The Morgan fingerprint density at radius 1 is 0.419 bits per heavy atom. The minimum atomic E-state index is -0.549. The summed E-state index contributed by atoms with van der Waals surface area (Å²) in [6.07, 6.45) is 20.7. The zero-order valence-corrected chi connectivity index (χ0v) is 44.1. The number of rotatable bonds is 6. The number of benzene rings is 6. The smallest absolute Gasteiger partial charge is 0.133 e. The lowest BCUT2D eigenvalue weighted by molar-refractivity contribution is -0.123. The molecular weight excluding hydrogens is 913 g/mol. The van der Waals surface area contributed by atoms with Crippen molar-refractivity contribution in [2.75, 3.05) is 0 Å². The number of carbonyl (C=O) groups excluding carboxylic acids is 1. The summed E-state index contributed by atoms with van der Waals surface area (Å²) >= 11 is 0. The highest BCUT2D eigenvalue weighted by molar-refractivity contribution is 5.80. The predicted octanol–water partition coefficient (Wildman–Crippen LogP) is 14.1. The molecule has 6 aliphatic carbocycles. The number of phenols is 3. The zero-order chi connectivity index (χ0) is 51.6. The Labute approximate surface area is 441 Å². The van der Waals surface area contributed by atoms with Gasteiger partial charge in [-0.15, -0.1) is 0 Å². The van der Waals surface area contributed by atoms with Crippen LogP contribution in [0.2, 0.25) is 0 Å². The summed E-state index contributed by atoms with van der Waals surface area (Å²) in [7, 11) is 0. The molecule has 3 saturated carbocycles. The van der Waals surface area contributed by atoms with E-state index in [4.69, 9.17) is 0 Å². The monoisotopic (exact) mass is 993 g/mol. The van der Waals surface area contributed by atoms with Gasteiger partial charge in [-0.3, -0.25) is 4.79 Å². The van der Waals surface area contributed by atoms with Crippen molar-refractivity contribution < 1.29 is 30.3 Å². The van der Waals surface area contributed by atoms with Crippen LogP contribution in [0.5, 0.6) is 17.2 Å². The first-order valence-corrected chi connectivity index (χ1v) is 28.2. The second-order valence-corrected chi connectivity index (χ2v) is 24.4. The maximum Gasteiger partial charge on any atom is 0.133 e. The van der Waals surface area contributed by atoms with Crippen LogP contribution in [0.4, 0.5) is 0 Å². The molecule has 3 fully saturated rings. The maximum absolute atomic E-state index is 12.2. The van der Waals surface area contributed by atoms with Crippen molar-refractivity contribution in [2.45, 2.75) is 176 Å². The largest absolute Gasteiger partial charge is 0.508 e. The highest BCUT2D eigenvalue weighted by Gasteiger charge is 2.51. The summed E-state index contributed by atoms with van der Waals surface area (Å²) in [4.78, 5) is 12.2. The Bertz CT molecular complexity index is 2740. The van der Waals surface area contributed by atoms with E-state index < -0.39 is 11.2 Å². The van der Waals surface area contributed by atoms with E-state index in [9.17, 15) is 30.3 Å². The quantitative estimate of drug-likeness (QED) is 0.113. The Kier molecular flexibility index (Phi) is 15.0. The third kappa shape index (κ3) is 11.0. The van der Waals surface area contributed by atoms with E-state index in [0.717, 1.165) is 122 Å². The van der Waals surface area contributed by atoms with Gasteiger partial charge in [-0.2, -0.15) is 0 Å². The fourth-order valence-corrected chi connectivity index (χ4v) is 15.7. The van der Waals surface area contributed by atoms with Crippen LogP contribution >= 0.6 is 0 Å². The average Bonchev–Trinajstić information content (AvgIpc) is 3.71. The summed E-state index contributed by atoms with van der Waals surface area (Å²) < 4.78 is 0. The van der Waals surface area contributed by atoms with Crippen molar-refractivity contribution in [3.8, 4) is 17.2 Å². The SMILES string of the molecule is C[C@@]1(O)CC[C@@]2(Cc3ccccc3)c3ccc(O)cc3CCC[C@H]2C1.C[C@]1(O)CC[C@@]2(Cc3ccccc3)c3ccc(O)cc3CCC[C@H]2C1.O=C1CC[C@@]2(Cc3ccccc3)c3ccc(O)cc3CCC[C@H]2C1. The maximum atomic E-state index is 12.2. The third-order valence-electron chi connectivity index (χ3n) is 19.2. The summed E-state index contributed by atoms with van der Waals surface area (Å²) in [6.45, 7) is 4.00. The third-order valence-corrected chi connectivity index (χ3v) is 19.2. The van der Waals surface area contributed by atoms with Crippen molar-refractivity contribution in [2.24, 2.45) is 17.8 Å². The van der Waals surface area contributed by atoms with Gasteiger partial charge in [0.25, 0.3) is 0 Å². The molecule has 0 saturated heterocycles. The molecule has 6 aromatic rings. The van der Waals surface area contributed by atoms with Gasteiger partial charge in [0.05, 0.1) is 11.2 Å². The van der Waals surface area contributed by atoms with Gasteiger partial charge in [0.1, 0.15) is 23.0 Å². The number of fused-ring (bicyclic) bond motifs is 9. The number of aliphatic hydroxyl groups is 2. The van der Waals surface area contributed by atoms with Gasteiger partial charge in [-0.05, 0) is 240 Å². The number of Topliss-reactive ketones (excluding diaryl/α,β-unsaturated/α-hetero) is 1. The molecule has 6 aromatic carbocycles. The van der Waals surface area contributed by atoms with E-state index >= 15 is 0 Å². The van der Waals surface area contributed by atoms with Gasteiger partial charge < -0.3 is 25.5 Å². The minimum Gasteiger partial charge on any atom is -0.508 e. The molecule has 0 spiro atoms. The van der Waals surface area contributed by atoms with Crippen LogP contribution in [0.1, 0.15) is 160 Å². The molecule has 74 heavy (non-hydrogen) atoms. The fraction of sp³-hybridized carbons (Fsp3) is 0.456. The lowest BCUT2D eigenvalue weighted by atomic mass is 9.56. The average molecular weight is 993 g/mol. The van der Waals surface area contributed by atoms with Gasteiger partial charge in [0.2, 0.25) is 0 Å². The van der Waals surface area contributed by atoms with Crippen LogP contribution in [0.15, 0.2) is 146 Å². The molecule has 6 nitrogen and oxygen atoms in total. The van der Waals surface area contributed by atoms with Crippen LogP contribution in [0, 0.1) is 17.8 Å². The standard InChI is InChI=1S/2C23H28O2.C22H24O2/c2*1-22(25)12-13-23(15-17-6-3-2-4-7-17)19(16-22)9-5-8-18-14-20(24)10-11-21(18)23;23-19-9-10-21-17(13-19)7-4-8-18-14-20(24)11-12-22(18,21)15-16-5-2-1-3-6-16/h2*2-4,6-7,10-11,14,19,24-25H,5,8-9,12-13,15-16H2,1H3;1-3,5-6,9-10,13,18,23H,4,7-8,11-12,14-15H2/t19-,22+,23-;19-,22-,23-;18-,22-/m000/s1. The minimum absolute atomic E-state index is 0.0365. The highest BCUT2D eigenvalue weighted by atomic mass is 16.3. The van der Waals surface area contributed by atoms with Crippen molar-refractivity contribution >= 4 is 5.78 Å². The summed E-state index contributed by atoms with van der Waals surface area (Å²) in [5.41, 5.74) is 11.3. The number of ketones is 1. The van der Waals surface area contributed by atoms with Gasteiger partial charge in [-0.25, -0.2) is 0 Å². The van der Waals surface area contributed by atoms with Gasteiger partial charge in [-0.1, -0.05) is 109 Å². The van der Waals surface area contributed by atoms with Gasteiger partial charge in [0, 0.05) is 29.1 Å². The Hall–Kier alpha value is -5.69. The van der Waals surface area contributed by atoms with Crippen LogP contribution < -0.4 is 0 Å². The molecule has 0 aromatic heterocycles. The lowest BCUT2D eigenvalue weighted by Crippen LogP contribution is -2.47. The molecular formula is C68H80O6. The Balaban J connectivity index is 0.000000127. The lowest BCUT2D eigenvalue weighted by Gasteiger charge is -2.49. The molecule has 6 heteroatoms. The van der Waals surface area contributed by atoms with Crippen molar-refractivity contribution in [3.05, 3.63) is 196 Å². The van der Waals surface area contributed by atoms with Gasteiger partial charge >= 0.3 is 0 Å². The summed E-state index contributed by atoms with van der Waals surface area (Å²) in [5.74, 6) is 2.92. The number of phenolic OH excluding ortho intramolecular Hbond substituents is 3. The van der Waals surface area contributed by atoms with Crippen LogP contribution in [-0.4, -0.2) is 42.5 Å². The predicted molar refractivity (Wildman–Crippen MR) is 297 cm³/mol. The topological polar surface area (TPSA) is 118 Å². The number of hydrogen-bond acceptors (Lipinski definition) is 6. The van der Waals surface area contributed by atoms with Gasteiger partial charge in [0.15, 0.2) is 0 Å². The molecule has 0 bridgehead atoms. The van der Waals surface area contributed by atoms with Crippen LogP contribution in [-0.2, 0) is 59.6 Å². The number of aromatic hydroxyl groups is 3. The van der Waals surface area contributed by atoms with E-state index in [2.05, 4.69) is 109 Å². The van der Waals surface area contributed by atoms with Crippen molar-refractivity contribution in [1.82, 2.24) is 0 Å². The molecule has 12 rings (SSSR count). The molecule has 0 radical (unpaired) electrons. The molecule has 0 aliphatic heterocycles. The van der Waals surface area contributed by atoms with E-state index in [1.54, 1.807) is 0 Å². The number of carbonyl (C=O) groups is 1. The summed E-state index contributed by atoms with van der Waals surface area (Å²) in [6, 6.07) is 50.0. The second kappa shape index (κ2) is 21.5. The highest BCUT2D eigenvalue weighted by Crippen LogP contribution is 2.56. The molecule has 6 aliphatic rings. The second-order valence-electron chi connectivity index (χ2n) is 24.4. The normalized spacial score (nSPS) is 29.9. The molecule has 388 valence electrons. The van der Waals surface area contributed by atoms with Crippen LogP contribution in [0.3, 0.4) is 0 Å².